The topological polar surface area (TPSA) is 58.2 Å². The van der Waals surface area contributed by atoms with Gasteiger partial charge in [0, 0.05) is 37.0 Å². The number of hydrogen-bond acceptors (Lipinski definition) is 3. The first-order valence-electron chi connectivity index (χ1n) is 9.00. The Kier molecular flexibility index (Phi) is 4.92. The average molecular weight is 383 g/mol. The van der Waals surface area contributed by atoms with Crippen LogP contribution >= 0.6 is 0 Å². The second-order valence-electron chi connectivity index (χ2n) is 6.64. The number of fused-ring (bicyclic) bond motifs is 1. The fraction of sp³-hybridized carbons (Fsp3) is 0.238. The van der Waals surface area contributed by atoms with E-state index in [4.69, 9.17) is 4.74 Å². The molecule has 144 valence electrons. The third-order valence-corrected chi connectivity index (χ3v) is 4.93. The van der Waals surface area contributed by atoms with Crippen LogP contribution in [0.25, 0.3) is 11.3 Å². The molecular formula is C21H19F2N3O2. The number of aromatic nitrogens is 2. The Morgan fingerprint density at radius 3 is 2.61 bits per heavy atom. The minimum absolute atomic E-state index is 0.236. The molecular weight excluding hydrogens is 364 g/mol. The number of H-pyrrole nitrogens is 1. The molecule has 0 bridgehead atoms. The van der Waals surface area contributed by atoms with E-state index in [1.807, 2.05) is 0 Å². The summed E-state index contributed by atoms with van der Waals surface area (Å²) in [4.78, 5) is 14.6. The molecule has 5 nitrogen and oxygen atoms in total. The van der Waals surface area contributed by atoms with Crippen LogP contribution in [0.3, 0.4) is 0 Å². The van der Waals surface area contributed by atoms with Crippen molar-refractivity contribution in [3.8, 4) is 11.3 Å². The van der Waals surface area contributed by atoms with Crippen LogP contribution < -0.4 is 0 Å². The number of carbonyl (C=O) groups excluding carboxylic acids is 1. The highest BCUT2D eigenvalue weighted by atomic mass is 19.1. The maximum Gasteiger partial charge on any atom is 0.273 e. The third kappa shape index (κ3) is 3.07. The van der Waals surface area contributed by atoms with E-state index in [-0.39, 0.29) is 11.7 Å². The van der Waals surface area contributed by atoms with Gasteiger partial charge >= 0.3 is 0 Å². The molecule has 1 N–H and O–H groups in total. The molecule has 1 unspecified atom stereocenters. The van der Waals surface area contributed by atoms with Gasteiger partial charge in [-0.1, -0.05) is 18.2 Å². The lowest BCUT2D eigenvalue weighted by molar-refractivity contribution is 0.0721. The zero-order valence-corrected chi connectivity index (χ0v) is 15.3. The minimum atomic E-state index is -0.612. The molecule has 0 saturated carbocycles. The molecule has 0 aliphatic carbocycles. The number of benzene rings is 2. The quantitative estimate of drug-likeness (QED) is 0.656. The summed E-state index contributed by atoms with van der Waals surface area (Å²) < 4.78 is 33.1. The van der Waals surface area contributed by atoms with Crippen molar-refractivity contribution in [2.24, 2.45) is 0 Å². The summed E-state index contributed by atoms with van der Waals surface area (Å²) in [6.45, 7) is 0.905. The van der Waals surface area contributed by atoms with Gasteiger partial charge in [-0.05, 0) is 36.8 Å². The van der Waals surface area contributed by atoms with Crippen molar-refractivity contribution in [2.45, 2.75) is 12.5 Å². The summed E-state index contributed by atoms with van der Waals surface area (Å²) in [5, 5.41) is 7.08. The number of aromatic amines is 1. The molecule has 4 rings (SSSR count). The molecule has 1 aliphatic heterocycles. The van der Waals surface area contributed by atoms with Gasteiger partial charge in [0.25, 0.3) is 5.91 Å². The smallest absolute Gasteiger partial charge is 0.273 e. The molecule has 1 atom stereocenters. The van der Waals surface area contributed by atoms with Crippen molar-refractivity contribution in [2.75, 3.05) is 20.3 Å². The first-order valence-corrected chi connectivity index (χ1v) is 9.00. The second kappa shape index (κ2) is 7.52. The van der Waals surface area contributed by atoms with Crippen LogP contribution in [0.1, 0.15) is 34.1 Å². The summed E-state index contributed by atoms with van der Waals surface area (Å²) in [6.07, 6.45) is 0.622. The fourth-order valence-corrected chi connectivity index (χ4v) is 3.65. The molecule has 3 aromatic rings. The standard InChI is InChI=1S/C21H19F2N3O2/c1-28-12-4-11-26-20(15-5-2-3-6-16(15)23)17-18(24-25-19(17)21(26)27)13-7-9-14(22)10-8-13/h2-3,5-10,20H,4,11-12H2,1H3,(H,24,25). The number of nitrogens with one attached hydrogen (secondary N) is 1. The summed E-state index contributed by atoms with van der Waals surface area (Å²) >= 11 is 0. The van der Waals surface area contributed by atoms with Gasteiger partial charge < -0.3 is 9.64 Å². The lowest BCUT2D eigenvalue weighted by Gasteiger charge is -2.26. The lowest BCUT2D eigenvalue weighted by Crippen LogP contribution is -2.31. The number of nitrogens with zero attached hydrogens (tertiary/aromatic N) is 2. The van der Waals surface area contributed by atoms with Crippen molar-refractivity contribution >= 4 is 5.91 Å². The largest absolute Gasteiger partial charge is 0.385 e. The van der Waals surface area contributed by atoms with Gasteiger partial charge in [0.15, 0.2) is 0 Å². The number of amides is 1. The minimum Gasteiger partial charge on any atom is -0.385 e. The Morgan fingerprint density at radius 1 is 1.14 bits per heavy atom. The first-order chi connectivity index (χ1) is 13.6. The van der Waals surface area contributed by atoms with Gasteiger partial charge in [0.1, 0.15) is 17.3 Å². The van der Waals surface area contributed by atoms with Crippen molar-refractivity contribution in [3.63, 3.8) is 0 Å². The molecule has 28 heavy (non-hydrogen) atoms. The monoisotopic (exact) mass is 383 g/mol. The molecule has 0 saturated heterocycles. The number of ether oxygens (including phenoxy) is 1. The molecule has 2 aromatic carbocycles. The first kappa shape index (κ1) is 18.3. The summed E-state index contributed by atoms with van der Waals surface area (Å²) in [7, 11) is 1.60. The van der Waals surface area contributed by atoms with Crippen LogP contribution in [0.2, 0.25) is 0 Å². The summed E-state index contributed by atoms with van der Waals surface area (Å²) in [5.41, 5.74) is 2.53. The van der Waals surface area contributed by atoms with Gasteiger partial charge in [-0.15, -0.1) is 0 Å². The van der Waals surface area contributed by atoms with Crippen LogP contribution in [0, 0.1) is 11.6 Å². The van der Waals surface area contributed by atoms with E-state index in [1.165, 1.54) is 18.2 Å². The van der Waals surface area contributed by atoms with E-state index in [0.717, 1.165) is 0 Å². The van der Waals surface area contributed by atoms with E-state index in [0.29, 0.717) is 47.7 Å². The third-order valence-electron chi connectivity index (χ3n) is 4.93. The Morgan fingerprint density at radius 2 is 1.89 bits per heavy atom. The zero-order chi connectivity index (χ0) is 19.7. The van der Waals surface area contributed by atoms with Gasteiger partial charge in [-0.3, -0.25) is 9.89 Å². The predicted molar refractivity (Wildman–Crippen MR) is 99.8 cm³/mol. The Balaban J connectivity index is 1.83. The van der Waals surface area contributed by atoms with Crippen LogP contribution in [0.15, 0.2) is 48.5 Å². The van der Waals surface area contributed by atoms with Crippen LogP contribution in [-0.4, -0.2) is 41.3 Å². The van der Waals surface area contributed by atoms with Crippen LogP contribution in [0.5, 0.6) is 0 Å². The molecule has 0 radical (unpaired) electrons. The molecule has 1 aromatic heterocycles. The normalized spacial score (nSPS) is 15.9. The van der Waals surface area contributed by atoms with Crippen LogP contribution in [0.4, 0.5) is 8.78 Å². The Bertz CT molecular complexity index is 1000. The van der Waals surface area contributed by atoms with Gasteiger partial charge in [-0.2, -0.15) is 5.10 Å². The van der Waals surface area contributed by atoms with E-state index in [1.54, 1.807) is 42.3 Å². The van der Waals surface area contributed by atoms with Crippen LogP contribution in [-0.2, 0) is 4.74 Å². The number of rotatable bonds is 6. The SMILES string of the molecule is COCCCN1C(=O)c2[nH]nc(-c3ccc(F)cc3)c2C1c1ccccc1F. The summed E-state index contributed by atoms with van der Waals surface area (Å²) in [6, 6.07) is 11.7. The highest BCUT2D eigenvalue weighted by Gasteiger charge is 2.42. The van der Waals surface area contributed by atoms with E-state index in [2.05, 4.69) is 10.2 Å². The fourth-order valence-electron chi connectivity index (χ4n) is 3.65. The Labute approximate surface area is 160 Å². The number of carbonyl (C=O) groups is 1. The van der Waals surface area contributed by atoms with Crippen molar-refractivity contribution in [1.29, 1.82) is 0 Å². The zero-order valence-electron chi connectivity index (χ0n) is 15.3. The lowest BCUT2D eigenvalue weighted by atomic mass is 9.95. The van der Waals surface area contributed by atoms with Gasteiger partial charge in [0.05, 0.1) is 11.7 Å². The number of halogens is 2. The maximum absolute atomic E-state index is 14.7. The predicted octanol–water partition coefficient (Wildman–Crippen LogP) is 3.94. The van der Waals surface area contributed by atoms with Gasteiger partial charge in [0.2, 0.25) is 0 Å². The number of hydrogen-bond donors (Lipinski definition) is 1. The average Bonchev–Trinajstić information content (AvgIpc) is 3.23. The van der Waals surface area contributed by atoms with E-state index in [9.17, 15) is 13.6 Å². The molecule has 1 aliphatic rings. The van der Waals surface area contributed by atoms with Crippen molar-refractivity contribution in [3.05, 3.63) is 77.0 Å². The van der Waals surface area contributed by atoms with Crippen molar-refractivity contribution < 1.29 is 18.3 Å². The van der Waals surface area contributed by atoms with Gasteiger partial charge in [-0.25, -0.2) is 8.78 Å². The summed E-state index contributed by atoms with van der Waals surface area (Å²) in [5.74, 6) is -0.991. The molecule has 1 amide bonds. The number of methoxy groups -OCH3 is 1. The Hall–Kier alpha value is -3.06. The molecule has 0 spiro atoms. The van der Waals surface area contributed by atoms with Crippen molar-refractivity contribution in [1.82, 2.24) is 15.1 Å². The highest BCUT2D eigenvalue weighted by Crippen LogP contribution is 2.43. The maximum atomic E-state index is 14.7. The molecule has 2 heterocycles. The molecule has 7 heteroatoms. The van der Waals surface area contributed by atoms with E-state index < -0.39 is 11.9 Å². The molecule has 0 fully saturated rings. The highest BCUT2D eigenvalue weighted by molar-refractivity contribution is 6.00. The van der Waals surface area contributed by atoms with E-state index >= 15 is 0 Å². The second-order valence-corrected chi connectivity index (χ2v) is 6.64.